The Morgan fingerprint density at radius 3 is 2.70 bits per heavy atom. The van der Waals surface area contributed by atoms with E-state index in [2.05, 4.69) is 53.4 Å². The van der Waals surface area contributed by atoms with Crippen molar-refractivity contribution in [3.63, 3.8) is 0 Å². The molecule has 2 N–H and O–H groups in total. The van der Waals surface area contributed by atoms with Crippen molar-refractivity contribution < 1.29 is 0 Å². The first-order valence-electron chi connectivity index (χ1n) is 7.47. The summed E-state index contributed by atoms with van der Waals surface area (Å²) in [6, 6.07) is 17.5. The Labute approximate surface area is 121 Å². The van der Waals surface area contributed by atoms with Gasteiger partial charge in [0.25, 0.3) is 0 Å². The molecule has 0 saturated heterocycles. The lowest BCUT2D eigenvalue weighted by atomic mass is 10.1. The molecule has 20 heavy (non-hydrogen) atoms. The number of fused-ring (bicyclic) bond motifs is 1. The van der Waals surface area contributed by atoms with Crippen molar-refractivity contribution in [1.82, 2.24) is 0 Å². The molecular weight excluding hydrogens is 244 g/mol. The maximum atomic E-state index is 5.74. The molecule has 0 bridgehead atoms. The van der Waals surface area contributed by atoms with Crippen LogP contribution in [-0.2, 0) is 19.5 Å². The molecule has 1 aliphatic rings. The Hall–Kier alpha value is -1.80. The maximum absolute atomic E-state index is 5.74. The van der Waals surface area contributed by atoms with E-state index in [9.17, 15) is 0 Å². The summed E-state index contributed by atoms with van der Waals surface area (Å²) in [7, 11) is 0. The number of rotatable bonds is 3. The lowest BCUT2D eigenvalue weighted by Crippen LogP contribution is -2.23. The molecule has 0 fully saturated rings. The van der Waals surface area contributed by atoms with Crippen LogP contribution >= 0.6 is 0 Å². The topological polar surface area (TPSA) is 29.3 Å². The Bertz CT molecular complexity index is 577. The van der Waals surface area contributed by atoms with Crippen molar-refractivity contribution in [2.24, 2.45) is 5.73 Å². The van der Waals surface area contributed by atoms with Crippen LogP contribution in [0.1, 0.15) is 29.5 Å². The summed E-state index contributed by atoms with van der Waals surface area (Å²) in [4.78, 5) is 2.51. The number of hydrogen-bond donors (Lipinski definition) is 1. The van der Waals surface area contributed by atoms with Crippen molar-refractivity contribution in [2.75, 3.05) is 11.4 Å². The average Bonchev–Trinajstić information content (AvgIpc) is 2.70. The molecule has 0 aliphatic carbocycles. The number of hydrogen-bond acceptors (Lipinski definition) is 2. The van der Waals surface area contributed by atoms with Crippen molar-refractivity contribution in [3.8, 4) is 0 Å². The van der Waals surface area contributed by atoms with Crippen LogP contribution in [0.5, 0.6) is 0 Å². The highest BCUT2D eigenvalue weighted by molar-refractivity contribution is 5.54. The molecule has 2 nitrogen and oxygen atoms in total. The fraction of sp³-hybridized carbons (Fsp3) is 0.333. The van der Waals surface area contributed by atoms with Crippen LogP contribution in [0.15, 0.2) is 48.5 Å². The molecule has 2 aromatic rings. The van der Waals surface area contributed by atoms with Crippen LogP contribution in [-0.4, -0.2) is 6.54 Å². The summed E-state index contributed by atoms with van der Waals surface area (Å²) in [6.07, 6.45) is 3.76. The number of para-hydroxylation sites is 1. The van der Waals surface area contributed by atoms with E-state index < -0.39 is 0 Å². The largest absolute Gasteiger partial charge is 0.367 e. The first-order chi connectivity index (χ1) is 9.86. The van der Waals surface area contributed by atoms with Gasteiger partial charge in [0.2, 0.25) is 0 Å². The number of nitrogens with two attached hydrogens (primary N) is 1. The first-order valence-corrected chi connectivity index (χ1v) is 7.47. The molecule has 0 spiro atoms. The molecule has 0 amide bonds. The highest BCUT2D eigenvalue weighted by Crippen LogP contribution is 2.27. The molecule has 0 radical (unpaired) electrons. The molecule has 1 aliphatic heterocycles. The zero-order valence-corrected chi connectivity index (χ0v) is 11.9. The lowest BCUT2D eigenvalue weighted by Gasteiger charge is -2.25. The zero-order valence-electron chi connectivity index (χ0n) is 11.9. The minimum atomic E-state index is 0.616. The molecule has 0 unspecified atom stereocenters. The Kier molecular flexibility index (Phi) is 4.03. The fourth-order valence-electron chi connectivity index (χ4n) is 3.01. The van der Waals surface area contributed by atoms with Crippen molar-refractivity contribution in [2.45, 2.75) is 32.4 Å². The summed E-state index contributed by atoms with van der Waals surface area (Å²) in [6.45, 7) is 2.74. The monoisotopic (exact) mass is 266 g/mol. The van der Waals surface area contributed by atoms with Gasteiger partial charge in [-0.1, -0.05) is 42.5 Å². The Morgan fingerprint density at radius 1 is 0.950 bits per heavy atom. The highest BCUT2D eigenvalue weighted by Gasteiger charge is 2.14. The number of anilines is 1. The smallest absolute Gasteiger partial charge is 0.0429 e. The van der Waals surface area contributed by atoms with Crippen LogP contribution in [0.4, 0.5) is 5.69 Å². The van der Waals surface area contributed by atoms with Gasteiger partial charge in [-0.05, 0) is 42.0 Å². The van der Waals surface area contributed by atoms with E-state index in [1.807, 2.05) is 0 Å². The second-order valence-electron chi connectivity index (χ2n) is 5.53. The van der Waals surface area contributed by atoms with Gasteiger partial charge in [0.1, 0.15) is 0 Å². The highest BCUT2D eigenvalue weighted by atomic mass is 15.1. The number of nitrogens with zero attached hydrogens (tertiary/aromatic N) is 1. The van der Waals surface area contributed by atoms with E-state index in [1.54, 1.807) is 0 Å². The third-order valence-corrected chi connectivity index (χ3v) is 4.06. The van der Waals surface area contributed by atoms with Gasteiger partial charge in [-0.2, -0.15) is 0 Å². The van der Waals surface area contributed by atoms with Crippen molar-refractivity contribution in [3.05, 3.63) is 65.2 Å². The molecule has 0 atom stereocenters. The first kappa shape index (κ1) is 13.2. The summed E-state index contributed by atoms with van der Waals surface area (Å²) in [5, 5.41) is 0. The molecule has 0 saturated carbocycles. The number of benzene rings is 2. The van der Waals surface area contributed by atoms with E-state index in [-0.39, 0.29) is 0 Å². The SMILES string of the molecule is NCc1cccc(CN2CCCCc3ccccc32)c1. The summed E-state index contributed by atoms with van der Waals surface area (Å²) in [5.41, 5.74) is 11.2. The van der Waals surface area contributed by atoms with Crippen LogP contribution < -0.4 is 10.6 Å². The normalized spacial score (nSPS) is 14.8. The Morgan fingerprint density at radius 2 is 1.80 bits per heavy atom. The minimum absolute atomic E-state index is 0.616. The van der Waals surface area contributed by atoms with E-state index in [0.29, 0.717) is 6.54 Å². The van der Waals surface area contributed by atoms with E-state index in [1.165, 1.54) is 41.6 Å². The van der Waals surface area contributed by atoms with Gasteiger partial charge in [-0.15, -0.1) is 0 Å². The van der Waals surface area contributed by atoms with Crippen LogP contribution in [0, 0.1) is 0 Å². The third kappa shape index (κ3) is 2.86. The molecule has 1 heterocycles. The lowest BCUT2D eigenvalue weighted by molar-refractivity contribution is 0.714. The minimum Gasteiger partial charge on any atom is -0.367 e. The molecule has 2 heteroatoms. The molecule has 2 aromatic carbocycles. The summed E-state index contributed by atoms with van der Waals surface area (Å²) >= 11 is 0. The van der Waals surface area contributed by atoms with Gasteiger partial charge < -0.3 is 10.6 Å². The molecule has 3 rings (SSSR count). The van der Waals surface area contributed by atoms with Gasteiger partial charge in [0.05, 0.1) is 0 Å². The van der Waals surface area contributed by atoms with Crippen LogP contribution in [0.2, 0.25) is 0 Å². The molecule has 104 valence electrons. The van der Waals surface area contributed by atoms with Crippen molar-refractivity contribution in [1.29, 1.82) is 0 Å². The second-order valence-corrected chi connectivity index (χ2v) is 5.53. The second kappa shape index (κ2) is 6.10. The van der Waals surface area contributed by atoms with E-state index in [0.717, 1.165) is 13.1 Å². The van der Waals surface area contributed by atoms with Gasteiger partial charge in [-0.25, -0.2) is 0 Å². The van der Waals surface area contributed by atoms with Gasteiger partial charge in [0.15, 0.2) is 0 Å². The van der Waals surface area contributed by atoms with Crippen LogP contribution in [0.3, 0.4) is 0 Å². The van der Waals surface area contributed by atoms with E-state index >= 15 is 0 Å². The van der Waals surface area contributed by atoms with Gasteiger partial charge >= 0.3 is 0 Å². The van der Waals surface area contributed by atoms with Crippen molar-refractivity contribution >= 4 is 5.69 Å². The van der Waals surface area contributed by atoms with Gasteiger partial charge in [-0.3, -0.25) is 0 Å². The zero-order chi connectivity index (χ0) is 13.8. The summed E-state index contributed by atoms with van der Waals surface area (Å²) < 4.78 is 0. The maximum Gasteiger partial charge on any atom is 0.0429 e. The predicted molar refractivity (Wildman–Crippen MR) is 84.8 cm³/mol. The van der Waals surface area contributed by atoms with Gasteiger partial charge in [0, 0.05) is 25.3 Å². The molecular formula is C18H22N2. The number of aryl methyl sites for hydroxylation is 1. The quantitative estimate of drug-likeness (QED) is 0.921. The molecule has 0 aromatic heterocycles. The summed E-state index contributed by atoms with van der Waals surface area (Å²) in [5.74, 6) is 0. The Balaban J connectivity index is 1.86. The standard InChI is InChI=1S/C18H22N2/c19-13-15-6-5-7-16(12-15)14-20-11-4-3-9-17-8-1-2-10-18(17)20/h1-2,5-8,10,12H,3-4,9,11,13-14,19H2. The fourth-order valence-corrected chi connectivity index (χ4v) is 3.01. The third-order valence-electron chi connectivity index (χ3n) is 4.06. The van der Waals surface area contributed by atoms with Crippen LogP contribution in [0.25, 0.3) is 0 Å². The predicted octanol–water partition coefficient (Wildman–Crippen LogP) is 3.49. The average molecular weight is 266 g/mol. The van der Waals surface area contributed by atoms with E-state index in [4.69, 9.17) is 5.73 Å².